The SMILES string of the molecule is CC/C=C\C/C=C\C/C=C\C/C=C\C/C=C\C/C=C\CCCCC(=O)OC(COC(=O)CCCCCCC/C=C\C/C=C\CCCCC)COC(=O)CCCCCCCCCCCCCC/C=C\C/C=C\C/C=C\C/C=C\CC. The van der Waals surface area contributed by atoms with Crippen LogP contribution in [0.15, 0.2) is 146 Å². The van der Waals surface area contributed by atoms with Gasteiger partial charge in [0, 0.05) is 19.3 Å². The number of ether oxygens (including phenoxy) is 3. The first-order valence-electron chi connectivity index (χ1n) is 32.3. The molecule has 0 amide bonds. The van der Waals surface area contributed by atoms with Gasteiger partial charge in [-0.3, -0.25) is 14.4 Å². The molecule has 0 heterocycles. The molecule has 6 nitrogen and oxygen atoms in total. The van der Waals surface area contributed by atoms with Gasteiger partial charge in [-0.2, -0.15) is 0 Å². The van der Waals surface area contributed by atoms with Crippen LogP contribution < -0.4 is 0 Å². The molecule has 0 saturated carbocycles. The minimum absolute atomic E-state index is 0.106. The highest BCUT2D eigenvalue weighted by Gasteiger charge is 2.19. The molecular weight excluding hydrogens is 973 g/mol. The standard InChI is InChI=1S/C73H118O6/c1-4-7-10-13-16-19-22-25-28-30-32-34-35-36-37-39-40-42-45-48-51-54-57-60-63-66-72(75)78-69-70(68-77-71(74)65-62-59-56-53-50-47-44-27-24-21-18-15-12-9-6-3)79-73(76)67-64-61-58-55-52-49-46-43-41-38-33-31-29-26-23-20-17-14-11-8-5-2/h7-8,10-11,16-21,25-29,32-34,38,43-44,46,52,55,70H,4-6,9,12-15,22-24,30-31,35-37,39-42,45,47-51,53-54,56-69H2,1-3H3/b10-7-,11-8-,19-16-,20-17-,21-18-,28-25-,29-26-,34-32-,38-33-,44-27-,46-43-,55-52-. The van der Waals surface area contributed by atoms with E-state index < -0.39 is 6.10 Å². The lowest BCUT2D eigenvalue weighted by atomic mass is 10.0. The molecule has 0 N–H and O–H groups in total. The molecule has 1 unspecified atom stereocenters. The smallest absolute Gasteiger partial charge is 0.306 e. The molecule has 0 aliphatic carbocycles. The second-order valence-corrected chi connectivity index (χ2v) is 20.9. The maximum absolute atomic E-state index is 12.9. The summed E-state index contributed by atoms with van der Waals surface area (Å²) in [5.74, 6) is -0.965. The van der Waals surface area contributed by atoms with Gasteiger partial charge in [-0.25, -0.2) is 0 Å². The number of allylic oxidation sites excluding steroid dienone is 24. The van der Waals surface area contributed by atoms with Gasteiger partial charge in [0.05, 0.1) is 0 Å². The van der Waals surface area contributed by atoms with E-state index in [2.05, 4.69) is 167 Å². The van der Waals surface area contributed by atoms with E-state index in [0.717, 1.165) is 141 Å². The van der Waals surface area contributed by atoms with Crippen LogP contribution in [0, 0.1) is 0 Å². The molecule has 0 radical (unpaired) electrons. The Morgan fingerprint density at radius 3 is 0.797 bits per heavy atom. The maximum atomic E-state index is 12.9. The Balaban J connectivity index is 4.45. The van der Waals surface area contributed by atoms with Gasteiger partial charge in [-0.15, -0.1) is 0 Å². The minimum atomic E-state index is -0.815. The quantitative estimate of drug-likeness (QED) is 0.0261. The highest BCUT2D eigenvalue weighted by Crippen LogP contribution is 2.15. The van der Waals surface area contributed by atoms with Crippen LogP contribution in [-0.2, 0) is 28.6 Å². The first-order chi connectivity index (χ1) is 39.0. The predicted octanol–water partition coefficient (Wildman–Crippen LogP) is 22.3. The molecule has 1 atom stereocenters. The van der Waals surface area contributed by atoms with Gasteiger partial charge in [0.2, 0.25) is 0 Å². The predicted molar refractivity (Wildman–Crippen MR) is 343 cm³/mol. The first-order valence-corrected chi connectivity index (χ1v) is 32.3. The summed E-state index contributed by atoms with van der Waals surface area (Å²) in [4.78, 5) is 38.3. The molecular formula is C73H118O6. The van der Waals surface area contributed by atoms with E-state index in [-0.39, 0.29) is 37.5 Å². The Morgan fingerprint density at radius 2 is 0.494 bits per heavy atom. The minimum Gasteiger partial charge on any atom is -0.462 e. The van der Waals surface area contributed by atoms with Crippen molar-refractivity contribution in [2.24, 2.45) is 0 Å². The van der Waals surface area contributed by atoms with Crippen molar-refractivity contribution in [2.75, 3.05) is 13.2 Å². The van der Waals surface area contributed by atoms with E-state index in [1.807, 2.05) is 0 Å². The summed E-state index contributed by atoms with van der Waals surface area (Å²) in [6.45, 7) is 6.35. The van der Waals surface area contributed by atoms with Crippen molar-refractivity contribution in [1.82, 2.24) is 0 Å². The fraction of sp³-hybridized carbons (Fsp3) is 0.630. The van der Waals surface area contributed by atoms with Crippen molar-refractivity contribution in [1.29, 1.82) is 0 Å². The van der Waals surface area contributed by atoms with Gasteiger partial charge in [-0.05, 0) is 141 Å². The van der Waals surface area contributed by atoms with Gasteiger partial charge in [0.25, 0.3) is 0 Å². The van der Waals surface area contributed by atoms with E-state index in [4.69, 9.17) is 14.2 Å². The molecule has 0 bridgehead atoms. The zero-order valence-corrected chi connectivity index (χ0v) is 51.1. The number of unbranched alkanes of at least 4 members (excludes halogenated alkanes) is 22. The largest absolute Gasteiger partial charge is 0.462 e. The summed E-state index contributed by atoms with van der Waals surface area (Å²) in [7, 11) is 0. The molecule has 0 aliphatic rings. The Kier molecular flexibility index (Phi) is 61.9. The third-order valence-corrected chi connectivity index (χ3v) is 13.3. The van der Waals surface area contributed by atoms with E-state index in [0.29, 0.717) is 19.3 Å². The Hall–Kier alpha value is -4.71. The van der Waals surface area contributed by atoms with Gasteiger partial charge >= 0.3 is 17.9 Å². The van der Waals surface area contributed by atoms with Gasteiger partial charge in [0.1, 0.15) is 13.2 Å². The molecule has 79 heavy (non-hydrogen) atoms. The van der Waals surface area contributed by atoms with Crippen LogP contribution in [0.4, 0.5) is 0 Å². The number of hydrogen-bond donors (Lipinski definition) is 0. The van der Waals surface area contributed by atoms with Gasteiger partial charge in [0.15, 0.2) is 6.10 Å². The number of carbonyl (C=O) groups is 3. The fourth-order valence-corrected chi connectivity index (χ4v) is 8.53. The third-order valence-electron chi connectivity index (χ3n) is 13.3. The van der Waals surface area contributed by atoms with Crippen LogP contribution >= 0.6 is 0 Å². The van der Waals surface area contributed by atoms with Crippen molar-refractivity contribution >= 4 is 17.9 Å². The number of rotatable bonds is 57. The van der Waals surface area contributed by atoms with E-state index >= 15 is 0 Å². The Bertz CT molecular complexity index is 1730. The highest BCUT2D eigenvalue weighted by molar-refractivity contribution is 5.71. The molecule has 6 heteroatoms. The lowest BCUT2D eigenvalue weighted by Crippen LogP contribution is -2.30. The second kappa shape index (κ2) is 65.8. The summed E-state index contributed by atoms with van der Waals surface area (Å²) >= 11 is 0. The summed E-state index contributed by atoms with van der Waals surface area (Å²) in [5.41, 5.74) is 0. The average Bonchev–Trinajstić information content (AvgIpc) is 3.45. The van der Waals surface area contributed by atoms with E-state index in [1.165, 1.54) is 89.9 Å². The molecule has 446 valence electrons. The summed E-state index contributed by atoms with van der Waals surface area (Å²) < 4.78 is 16.9. The number of hydrogen-bond acceptors (Lipinski definition) is 6. The summed E-state index contributed by atoms with van der Waals surface area (Å²) in [6, 6.07) is 0. The maximum Gasteiger partial charge on any atom is 0.306 e. The monoisotopic (exact) mass is 1090 g/mol. The van der Waals surface area contributed by atoms with Crippen LogP contribution in [0.2, 0.25) is 0 Å². The summed E-state index contributed by atoms with van der Waals surface area (Å²) in [6.07, 6.45) is 94.2. The molecule has 0 aromatic rings. The van der Waals surface area contributed by atoms with Crippen molar-refractivity contribution in [3.8, 4) is 0 Å². The average molecular weight is 1090 g/mol. The van der Waals surface area contributed by atoms with Crippen molar-refractivity contribution in [2.45, 2.75) is 284 Å². The summed E-state index contributed by atoms with van der Waals surface area (Å²) in [5, 5.41) is 0. The molecule has 0 aromatic heterocycles. The van der Waals surface area contributed by atoms with Crippen LogP contribution in [0.5, 0.6) is 0 Å². The molecule has 0 saturated heterocycles. The normalized spacial score (nSPS) is 13.1. The number of esters is 3. The highest BCUT2D eigenvalue weighted by atomic mass is 16.6. The molecule has 0 rings (SSSR count). The molecule has 0 aromatic carbocycles. The molecule has 0 spiro atoms. The van der Waals surface area contributed by atoms with E-state index in [9.17, 15) is 14.4 Å². The Morgan fingerprint density at radius 1 is 0.266 bits per heavy atom. The molecule has 0 fully saturated rings. The van der Waals surface area contributed by atoms with Crippen molar-refractivity contribution in [3.05, 3.63) is 146 Å². The van der Waals surface area contributed by atoms with Crippen LogP contribution in [0.3, 0.4) is 0 Å². The zero-order chi connectivity index (χ0) is 57.1. The van der Waals surface area contributed by atoms with Crippen LogP contribution in [-0.4, -0.2) is 37.2 Å². The fourth-order valence-electron chi connectivity index (χ4n) is 8.53. The van der Waals surface area contributed by atoms with Crippen LogP contribution in [0.1, 0.15) is 278 Å². The van der Waals surface area contributed by atoms with Gasteiger partial charge in [-0.1, -0.05) is 263 Å². The van der Waals surface area contributed by atoms with Crippen molar-refractivity contribution in [3.63, 3.8) is 0 Å². The lowest BCUT2D eigenvalue weighted by molar-refractivity contribution is -0.167. The van der Waals surface area contributed by atoms with Gasteiger partial charge < -0.3 is 14.2 Å². The lowest BCUT2D eigenvalue weighted by Gasteiger charge is -2.18. The Labute approximate surface area is 487 Å². The van der Waals surface area contributed by atoms with Crippen molar-refractivity contribution < 1.29 is 28.6 Å². The topological polar surface area (TPSA) is 78.9 Å². The van der Waals surface area contributed by atoms with E-state index in [1.54, 1.807) is 0 Å². The third kappa shape index (κ3) is 64.0. The second-order valence-electron chi connectivity index (χ2n) is 20.9. The van der Waals surface area contributed by atoms with Crippen LogP contribution in [0.25, 0.3) is 0 Å². The number of carbonyl (C=O) groups excluding carboxylic acids is 3. The molecule has 0 aliphatic heterocycles. The zero-order valence-electron chi connectivity index (χ0n) is 51.1. The first kappa shape index (κ1) is 74.3.